The van der Waals surface area contributed by atoms with E-state index in [1.54, 1.807) is 7.05 Å². The summed E-state index contributed by atoms with van der Waals surface area (Å²) in [5.74, 6) is 0.732. The molecule has 0 fully saturated rings. The van der Waals surface area contributed by atoms with E-state index in [1.807, 2.05) is 22.8 Å². The molecule has 0 saturated heterocycles. The number of rotatable bonds is 5. The van der Waals surface area contributed by atoms with E-state index >= 15 is 0 Å². The Morgan fingerprint density at radius 3 is 2.42 bits per heavy atom. The number of anilines is 2. The maximum absolute atomic E-state index is 13.5. The van der Waals surface area contributed by atoms with Gasteiger partial charge in [-0.1, -0.05) is 36.4 Å². The number of aryl methyl sites for hydroxylation is 5. The molecular formula is C26H29N5O2. The van der Waals surface area contributed by atoms with E-state index in [0.29, 0.717) is 24.3 Å². The molecule has 5 rings (SSSR count). The van der Waals surface area contributed by atoms with Gasteiger partial charge in [-0.25, -0.2) is 4.79 Å². The van der Waals surface area contributed by atoms with Gasteiger partial charge in [-0.3, -0.25) is 13.9 Å². The normalized spacial score (nSPS) is 13.5. The molecule has 0 amide bonds. The predicted molar refractivity (Wildman–Crippen MR) is 132 cm³/mol. The van der Waals surface area contributed by atoms with Gasteiger partial charge in [-0.2, -0.15) is 4.98 Å². The molecule has 170 valence electrons. The number of aromatic nitrogens is 4. The van der Waals surface area contributed by atoms with Gasteiger partial charge in [0.25, 0.3) is 5.56 Å². The van der Waals surface area contributed by atoms with Crippen LogP contribution in [0.25, 0.3) is 11.2 Å². The van der Waals surface area contributed by atoms with Crippen molar-refractivity contribution in [1.82, 2.24) is 18.7 Å². The zero-order chi connectivity index (χ0) is 23.1. The van der Waals surface area contributed by atoms with Crippen LogP contribution in [0.3, 0.4) is 0 Å². The van der Waals surface area contributed by atoms with E-state index in [-0.39, 0.29) is 11.2 Å². The van der Waals surface area contributed by atoms with E-state index < -0.39 is 0 Å². The van der Waals surface area contributed by atoms with Crippen LogP contribution in [0.2, 0.25) is 0 Å². The van der Waals surface area contributed by atoms with E-state index in [2.05, 4.69) is 49.1 Å². The Bertz CT molecular complexity index is 1430. The van der Waals surface area contributed by atoms with Gasteiger partial charge in [0.2, 0.25) is 5.95 Å². The molecule has 1 aliphatic rings. The fourth-order valence-corrected chi connectivity index (χ4v) is 4.90. The van der Waals surface area contributed by atoms with E-state index in [9.17, 15) is 9.59 Å². The first kappa shape index (κ1) is 21.2. The maximum atomic E-state index is 13.5. The minimum atomic E-state index is -0.311. The largest absolute Gasteiger partial charge is 0.332 e. The van der Waals surface area contributed by atoms with Gasteiger partial charge in [0.1, 0.15) is 0 Å². The topological polar surface area (TPSA) is 65.1 Å². The zero-order valence-electron chi connectivity index (χ0n) is 19.4. The lowest BCUT2D eigenvalue weighted by atomic mass is 10.1. The van der Waals surface area contributed by atoms with Crippen molar-refractivity contribution in [3.8, 4) is 0 Å². The Hall–Kier alpha value is -3.61. The van der Waals surface area contributed by atoms with Crippen molar-refractivity contribution in [2.45, 2.75) is 46.2 Å². The van der Waals surface area contributed by atoms with Crippen LogP contribution in [0.4, 0.5) is 11.6 Å². The summed E-state index contributed by atoms with van der Waals surface area (Å²) in [5.41, 5.74) is 5.05. The van der Waals surface area contributed by atoms with Crippen LogP contribution in [0.5, 0.6) is 0 Å². The number of hydrogen-bond acceptors (Lipinski definition) is 4. The minimum absolute atomic E-state index is 0.248. The monoisotopic (exact) mass is 443 g/mol. The lowest BCUT2D eigenvalue weighted by Crippen LogP contribution is -2.40. The molecule has 4 aromatic rings. The van der Waals surface area contributed by atoms with Crippen LogP contribution in [0, 0.1) is 13.8 Å². The van der Waals surface area contributed by atoms with Crippen molar-refractivity contribution < 1.29 is 0 Å². The standard InChI is InChI=1S/C26H29N5O2/c1-18-15-19(2)17-21(16-18)29-13-8-14-30-22-23(27-25(29)30)28(3)26(33)31(24(22)32)12-7-11-20-9-5-4-6-10-20/h4-6,9-10,15-17H,7-8,11-14H2,1-3H3. The molecule has 33 heavy (non-hydrogen) atoms. The van der Waals surface area contributed by atoms with Crippen LogP contribution in [-0.4, -0.2) is 25.2 Å². The quantitative estimate of drug-likeness (QED) is 0.472. The van der Waals surface area contributed by atoms with Gasteiger partial charge in [0.15, 0.2) is 11.2 Å². The third-order valence-corrected chi connectivity index (χ3v) is 6.43. The highest BCUT2D eigenvalue weighted by Crippen LogP contribution is 2.32. The van der Waals surface area contributed by atoms with Crippen molar-refractivity contribution >= 4 is 22.8 Å². The average molecular weight is 444 g/mol. The number of benzene rings is 2. The summed E-state index contributed by atoms with van der Waals surface area (Å²) in [6, 6.07) is 16.6. The molecular weight excluding hydrogens is 414 g/mol. The molecule has 7 heteroatoms. The second kappa shape index (κ2) is 8.39. The fraction of sp³-hybridized carbons (Fsp3) is 0.346. The number of hydrogen-bond donors (Lipinski definition) is 0. The fourth-order valence-electron chi connectivity index (χ4n) is 4.90. The molecule has 2 aromatic heterocycles. The van der Waals surface area contributed by atoms with Crippen LogP contribution in [-0.2, 0) is 26.6 Å². The van der Waals surface area contributed by atoms with Crippen molar-refractivity contribution in [3.05, 3.63) is 86.1 Å². The Morgan fingerprint density at radius 2 is 1.70 bits per heavy atom. The molecule has 3 heterocycles. The van der Waals surface area contributed by atoms with Crippen molar-refractivity contribution in [2.75, 3.05) is 11.4 Å². The summed E-state index contributed by atoms with van der Waals surface area (Å²) in [7, 11) is 1.71. The third-order valence-electron chi connectivity index (χ3n) is 6.43. The molecule has 0 atom stereocenters. The molecule has 0 N–H and O–H groups in total. The van der Waals surface area contributed by atoms with E-state index in [4.69, 9.17) is 4.98 Å². The van der Waals surface area contributed by atoms with Gasteiger partial charge in [0, 0.05) is 32.4 Å². The Morgan fingerprint density at radius 1 is 0.970 bits per heavy atom. The van der Waals surface area contributed by atoms with Crippen LogP contribution >= 0.6 is 0 Å². The van der Waals surface area contributed by atoms with Gasteiger partial charge in [0.05, 0.1) is 0 Å². The van der Waals surface area contributed by atoms with Crippen LogP contribution in [0.15, 0.2) is 58.1 Å². The summed E-state index contributed by atoms with van der Waals surface area (Å²) < 4.78 is 4.88. The summed E-state index contributed by atoms with van der Waals surface area (Å²) >= 11 is 0. The molecule has 0 saturated carbocycles. The van der Waals surface area contributed by atoms with Crippen molar-refractivity contribution in [2.24, 2.45) is 7.05 Å². The molecule has 1 aliphatic heterocycles. The van der Waals surface area contributed by atoms with E-state index in [0.717, 1.165) is 37.4 Å². The van der Waals surface area contributed by atoms with Crippen LogP contribution in [0.1, 0.15) is 29.5 Å². The number of imidazole rings is 1. The summed E-state index contributed by atoms with van der Waals surface area (Å²) in [6.07, 6.45) is 2.45. The highest BCUT2D eigenvalue weighted by Gasteiger charge is 2.27. The van der Waals surface area contributed by atoms with Gasteiger partial charge in [-0.05, 0) is 61.9 Å². The Balaban J connectivity index is 1.57. The minimum Gasteiger partial charge on any atom is -0.312 e. The predicted octanol–water partition coefficient (Wildman–Crippen LogP) is 3.69. The first-order chi connectivity index (χ1) is 15.9. The molecule has 0 unspecified atom stereocenters. The molecule has 0 aliphatic carbocycles. The second-order valence-electron chi connectivity index (χ2n) is 8.97. The van der Waals surface area contributed by atoms with Gasteiger partial charge in [-0.15, -0.1) is 0 Å². The molecule has 2 aromatic carbocycles. The summed E-state index contributed by atoms with van der Waals surface area (Å²) in [6.45, 7) is 6.09. The Labute approximate surface area is 192 Å². The summed E-state index contributed by atoms with van der Waals surface area (Å²) in [4.78, 5) is 33.5. The molecule has 0 spiro atoms. The van der Waals surface area contributed by atoms with Crippen molar-refractivity contribution in [1.29, 1.82) is 0 Å². The van der Waals surface area contributed by atoms with Crippen molar-refractivity contribution in [3.63, 3.8) is 0 Å². The SMILES string of the molecule is Cc1cc(C)cc(N2CCCn3c2nc2c3c(=O)n(CCCc3ccccc3)c(=O)n2C)c1. The smallest absolute Gasteiger partial charge is 0.312 e. The first-order valence-electron chi connectivity index (χ1n) is 11.5. The summed E-state index contributed by atoms with van der Waals surface area (Å²) in [5, 5.41) is 0. The van der Waals surface area contributed by atoms with Gasteiger partial charge >= 0.3 is 5.69 Å². The van der Waals surface area contributed by atoms with Crippen LogP contribution < -0.4 is 16.1 Å². The lowest BCUT2D eigenvalue weighted by molar-refractivity contribution is 0.565. The first-order valence-corrected chi connectivity index (χ1v) is 11.5. The Kier molecular flexibility index (Phi) is 5.40. The maximum Gasteiger partial charge on any atom is 0.332 e. The molecule has 7 nitrogen and oxygen atoms in total. The molecule has 0 radical (unpaired) electrons. The van der Waals surface area contributed by atoms with Gasteiger partial charge < -0.3 is 9.47 Å². The number of nitrogens with zero attached hydrogens (tertiary/aromatic N) is 5. The zero-order valence-corrected chi connectivity index (χ0v) is 19.4. The number of fused-ring (bicyclic) bond motifs is 3. The third kappa shape index (κ3) is 3.77. The highest BCUT2D eigenvalue weighted by atomic mass is 16.2. The average Bonchev–Trinajstić information content (AvgIpc) is 3.20. The van der Waals surface area contributed by atoms with E-state index in [1.165, 1.54) is 25.8 Å². The molecule has 0 bridgehead atoms. The highest BCUT2D eigenvalue weighted by molar-refractivity contribution is 5.77. The lowest BCUT2D eigenvalue weighted by Gasteiger charge is -2.29. The second-order valence-corrected chi connectivity index (χ2v) is 8.97.